The van der Waals surface area contributed by atoms with Crippen LogP contribution in [0.1, 0.15) is 0 Å². The van der Waals surface area contributed by atoms with Gasteiger partial charge in [0, 0.05) is 11.6 Å². The minimum absolute atomic E-state index is 1.06. The van der Waals surface area contributed by atoms with E-state index < -0.39 is 0 Å². The summed E-state index contributed by atoms with van der Waals surface area (Å²) in [5.41, 5.74) is 1.06. The number of nitrogens with zero attached hydrogens (tertiary/aromatic N) is 1. The van der Waals surface area contributed by atoms with Crippen molar-refractivity contribution in [2.75, 3.05) is 0 Å². The van der Waals surface area contributed by atoms with Crippen molar-refractivity contribution in [3.63, 3.8) is 0 Å². The van der Waals surface area contributed by atoms with Gasteiger partial charge in [0.05, 0.1) is 5.52 Å². The highest BCUT2D eigenvalue weighted by Crippen LogP contribution is 2.07. The van der Waals surface area contributed by atoms with E-state index in [1.54, 1.807) is 0 Å². The average Bonchev–Trinajstić information content (AvgIpc) is 2.21. The molecule has 60 valence electrons. The van der Waals surface area contributed by atoms with Gasteiger partial charge in [-0.2, -0.15) is 0 Å². The fourth-order valence-corrected chi connectivity index (χ4v) is 1.02. The van der Waals surface area contributed by atoms with E-state index >= 15 is 0 Å². The van der Waals surface area contributed by atoms with Crippen molar-refractivity contribution in [1.82, 2.24) is 4.98 Å². The molecule has 0 saturated heterocycles. The Labute approximate surface area is 77.1 Å². The zero-order valence-electron chi connectivity index (χ0n) is 6.60. The van der Waals surface area contributed by atoms with Gasteiger partial charge in [-0.1, -0.05) is 36.5 Å². The number of thiocarbonyl (C=S) groups is 1. The molecule has 0 saturated carbocycles. The molecule has 2 heteroatoms. The van der Waals surface area contributed by atoms with Gasteiger partial charge < -0.3 is 0 Å². The SMILES string of the molecule is C=S.c1ccc2ncccc2c1. The standard InChI is InChI=1S/C9H7N.CH2S/c1-2-6-9-8(4-1)5-3-7-10-9;1-2/h1-7H;1H2. The molecule has 0 aliphatic heterocycles. The van der Waals surface area contributed by atoms with Gasteiger partial charge in [-0.25, -0.2) is 0 Å². The molecule has 0 aliphatic rings. The molecule has 0 aliphatic carbocycles. The third kappa shape index (κ3) is 1.86. The van der Waals surface area contributed by atoms with Crippen molar-refractivity contribution in [3.05, 3.63) is 42.6 Å². The summed E-state index contributed by atoms with van der Waals surface area (Å²) in [7, 11) is 0. The summed E-state index contributed by atoms with van der Waals surface area (Å²) < 4.78 is 0. The Balaban J connectivity index is 0.000000336. The number of benzene rings is 1. The van der Waals surface area contributed by atoms with Crippen molar-refractivity contribution in [2.24, 2.45) is 0 Å². The highest BCUT2D eigenvalue weighted by Gasteiger charge is 1.86. The van der Waals surface area contributed by atoms with E-state index in [4.69, 9.17) is 0 Å². The van der Waals surface area contributed by atoms with E-state index in [9.17, 15) is 0 Å². The number of para-hydroxylation sites is 1. The van der Waals surface area contributed by atoms with E-state index in [0.29, 0.717) is 0 Å². The Hall–Kier alpha value is -1.28. The van der Waals surface area contributed by atoms with Crippen LogP contribution in [0.4, 0.5) is 0 Å². The first-order chi connectivity index (χ1) is 5.97. The number of aromatic nitrogens is 1. The number of rotatable bonds is 0. The average molecular weight is 175 g/mol. The minimum Gasteiger partial charge on any atom is -0.256 e. The summed E-state index contributed by atoms with van der Waals surface area (Å²) in [6, 6.07) is 12.1. The molecule has 0 bridgehead atoms. The van der Waals surface area contributed by atoms with E-state index in [2.05, 4.69) is 35.2 Å². The van der Waals surface area contributed by atoms with Gasteiger partial charge in [0.25, 0.3) is 0 Å². The summed E-state index contributed by atoms with van der Waals surface area (Å²) in [5.74, 6) is 2.83. The van der Waals surface area contributed by atoms with Crippen LogP contribution < -0.4 is 0 Å². The van der Waals surface area contributed by atoms with Crippen LogP contribution in [0.15, 0.2) is 42.6 Å². The van der Waals surface area contributed by atoms with Crippen LogP contribution in [0.25, 0.3) is 10.9 Å². The van der Waals surface area contributed by atoms with Crippen molar-refractivity contribution < 1.29 is 0 Å². The quantitative estimate of drug-likeness (QED) is 0.571. The Kier molecular flexibility index (Phi) is 3.35. The maximum atomic E-state index is 4.18. The third-order valence-electron chi connectivity index (χ3n) is 1.51. The molecular formula is C10H9NS. The maximum absolute atomic E-state index is 4.18. The fourth-order valence-electron chi connectivity index (χ4n) is 1.02. The van der Waals surface area contributed by atoms with Crippen LogP contribution in [0.5, 0.6) is 0 Å². The lowest BCUT2D eigenvalue weighted by Gasteiger charge is -1.91. The summed E-state index contributed by atoms with van der Waals surface area (Å²) in [6.07, 6.45) is 1.81. The molecule has 2 rings (SSSR count). The summed E-state index contributed by atoms with van der Waals surface area (Å²) >= 11 is 3.83. The second-order valence-electron chi connectivity index (χ2n) is 2.20. The molecule has 1 aromatic heterocycles. The minimum atomic E-state index is 1.06. The van der Waals surface area contributed by atoms with Crippen LogP contribution in [0.2, 0.25) is 0 Å². The lowest BCUT2D eigenvalue weighted by atomic mass is 10.2. The molecule has 0 unspecified atom stereocenters. The Morgan fingerprint density at radius 2 is 1.67 bits per heavy atom. The molecule has 0 spiro atoms. The van der Waals surface area contributed by atoms with Gasteiger partial charge in [0.15, 0.2) is 0 Å². The van der Waals surface area contributed by atoms with Gasteiger partial charge in [0.1, 0.15) is 0 Å². The topological polar surface area (TPSA) is 12.9 Å². The first-order valence-electron chi connectivity index (χ1n) is 3.55. The Morgan fingerprint density at radius 1 is 1.00 bits per heavy atom. The number of hydrogen-bond donors (Lipinski definition) is 0. The summed E-state index contributed by atoms with van der Waals surface area (Å²) in [6.45, 7) is 0. The van der Waals surface area contributed by atoms with Gasteiger partial charge >= 0.3 is 0 Å². The summed E-state index contributed by atoms with van der Waals surface area (Å²) in [4.78, 5) is 4.18. The Morgan fingerprint density at radius 3 is 2.42 bits per heavy atom. The van der Waals surface area contributed by atoms with E-state index in [1.807, 2.05) is 30.5 Å². The monoisotopic (exact) mass is 175 g/mol. The molecule has 0 N–H and O–H groups in total. The lowest BCUT2D eigenvalue weighted by molar-refractivity contribution is 1.41. The molecule has 0 atom stereocenters. The fraction of sp³-hybridized carbons (Fsp3) is 0. The van der Waals surface area contributed by atoms with Crippen molar-refractivity contribution in [1.29, 1.82) is 0 Å². The molecule has 12 heavy (non-hydrogen) atoms. The first kappa shape index (κ1) is 8.81. The van der Waals surface area contributed by atoms with Crippen molar-refractivity contribution >= 4 is 29.0 Å². The lowest BCUT2D eigenvalue weighted by Crippen LogP contribution is -1.73. The number of fused-ring (bicyclic) bond motifs is 1. The molecule has 0 fully saturated rings. The van der Waals surface area contributed by atoms with Crippen LogP contribution in [0, 0.1) is 0 Å². The molecular weight excluding hydrogens is 166 g/mol. The predicted molar refractivity (Wildman–Crippen MR) is 56.5 cm³/mol. The van der Waals surface area contributed by atoms with Gasteiger partial charge in [-0.15, -0.1) is 0 Å². The molecule has 1 heterocycles. The predicted octanol–water partition coefficient (Wildman–Crippen LogP) is 2.85. The molecule has 1 nitrogen and oxygen atoms in total. The maximum Gasteiger partial charge on any atom is 0.0701 e. The van der Waals surface area contributed by atoms with Crippen LogP contribution in [-0.2, 0) is 0 Å². The van der Waals surface area contributed by atoms with E-state index in [0.717, 1.165) is 5.52 Å². The Bertz CT molecular complexity index is 294. The first-order valence-corrected chi connectivity index (χ1v) is 4.13. The number of hydrogen-bond acceptors (Lipinski definition) is 2. The zero-order chi connectivity index (χ0) is 8.81. The van der Waals surface area contributed by atoms with Crippen molar-refractivity contribution in [3.8, 4) is 0 Å². The zero-order valence-corrected chi connectivity index (χ0v) is 7.42. The normalized spacial score (nSPS) is 8.67. The highest BCUT2D eigenvalue weighted by molar-refractivity contribution is 7.77. The second-order valence-corrected chi connectivity index (χ2v) is 2.20. The third-order valence-corrected chi connectivity index (χ3v) is 1.51. The van der Waals surface area contributed by atoms with Crippen LogP contribution >= 0.6 is 12.2 Å². The van der Waals surface area contributed by atoms with E-state index in [1.165, 1.54) is 5.39 Å². The van der Waals surface area contributed by atoms with Crippen LogP contribution in [0.3, 0.4) is 0 Å². The molecule has 2 aromatic rings. The van der Waals surface area contributed by atoms with E-state index in [-0.39, 0.29) is 0 Å². The molecule has 1 aromatic carbocycles. The number of pyridine rings is 1. The summed E-state index contributed by atoms with van der Waals surface area (Å²) in [5, 5.41) is 1.20. The largest absolute Gasteiger partial charge is 0.256 e. The van der Waals surface area contributed by atoms with Gasteiger partial charge in [-0.3, -0.25) is 4.98 Å². The smallest absolute Gasteiger partial charge is 0.0701 e. The van der Waals surface area contributed by atoms with Gasteiger partial charge in [-0.05, 0) is 18.0 Å². The second kappa shape index (κ2) is 4.57. The van der Waals surface area contributed by atoms with Crippen molar-refractivity contribution in [2.45, 2.75) is 0 Å². The highest BCUT2D eigenvalue weighted by atomic mass is 32.1. The van der Waals surface area contributed by atoms with Crippen LogP contribution in [-0.4, -0.2) is 10.9 Å². The van der Waals surface area contributed by atoms with Gasteiger partial charge in [0.2, 0.25) is 0 Å². The molecule has 0 amide bonds. The molecule has 0 radical (unpaired) electrons.